The van der Waals surface area contributed by atoms with E-state index in [0.29, 0.717) is 5.13 Å². The lowest BCUT2D eigenvalue weighted by Crippen LogP contribution is -2.06. The minimum atomic E-state index is 0.600. The first kappa shape index (κ1) is 9.02. The van der Waals surface area contributed by atoms with Gasteiger partial charge in [0.2, 0.25) is 0 Å². The number of thiazole rings is 1. The maximum absolute atomic E-state index is 5.58. The number of nitrogen functional groups attached to an aromatic ring is 1. The van der Waals surface area contributed by atoms with Crippen molar-refractivity contribution in [1.29, 1.82) is 0 Å². The number of nitrogens with zero attached hydrogens (tertiary/aromatic N) is 2. The van der Waals surface area contributed by atoms with Crippen LogP contribution in [-0.4, -0.2) is 12.0 Å². The molecular formula is C10H11N3S. The number of nitrogens with two attached hydrogens (primary N) is 1. The zero-order valence-electron chi connectivity index (χ0n) is 7.84. The average Bonchev–Trinajstić information content (AvgIpc) is 2.65. The van der Waals surface area contributed by atoms with Crippen molar-refractivity contribution in [2.45, 2.75) is 0 Å². The summed E-state index contributed by atoms with van der Waals surface area (Å²) < 4.78 is 0. The number of aromatic nitrogens is 1. The minimum Gasteiger partial charge on any atom is -0.375 e. The van der Waals surface area contributed by atoms with Gasteiger partial charge in [-0.1, -0.05) is 29.5 Å². The Morgan fingerprint density at radius 2 is 2.00 bits per heavy atom. The Morgan fingerprint density at radius 3 is 2.57 bits per heavy atom. The Kier molecular flexibility index (Phi) is 2.37. The summed E-state index contributed by atoms with van der Waals surface area (Å²) in [6, 6.07) is 10.1. The first-order chi connectivity index (χ1) is 6.77. The van der Waals surface area contributed by atoms with E-state index in [2.05, 4.69) is 22.0 Å². The quantitative estimate of drug-likeness (QED) is 0.819. The molecule has 2 aromatic rings. The summed E-state index contributed by atoms with van der Waals surface area (Å²) in [5, 5.41) is 1.65. The molecule has 0 fully saturated rings. The van der Waals surface area contributed by atoms with Crippen molar-refractivity contribution in [1.82, 2.24) is 4.98 Å². The Bertz CT molecular complexity index is 410. The third kappa shape index (κ3) is 1.70. The standard InChI is InChI=1S/C10H11N3S/c1-13(8-5-3-2-4-6-8)9-7-12-10(11)14-9/h2-7H,1H3,(H2,11,12). The SMILES string of the molecule is CN(c1ccccc1)c1cnc(N)s1. The fourth-order valence-electron chi connectivity index (χ4n) is 1.21. The molecule has 72 valence electrons. The molecule has 1 heterocycles. The van der Waals surface area contributed by atoms with Gasteiger partial charge in [0.05, 0.1) is 6.20 Å². The highest BCUT2D eigenvalue weighted by Gasteiger charge is 2.05. The molecule has 0 saturated heterocycles. The molecule has 0 bridgehead atoms. The number of rotatable bonds is 2. The molecule has 0 aliphatic carbocycles. The third-order valence-corrected chi connectivity index (χ3v) is 2.89. The van der Waals surface area contributed by atoms with Gasteiger partial charge in [0, 0.05) is 12.7 Å². The van der Waals surface area contributed by atoms with E-state index in [4.69, 9.17) is 5.73 Å². The molecule has 0 atom stereocenters. The summed E-state index contributed by atoms with van der Waals surface area (Å²) in [5.74, 6) is 0. The molecule has 0 saturated carbocycles. The van der Waals surface area contributed by atoms with Crippen molar-refractivity contribution in [3.8, 4) is 0 Å². The van der Waals surface area contributed by atoms with E-state index < -0.39 is 0 Å². The van der Waals surface area contributed by atoms with Crippen LogP contribution in [0.25, 0.3) is 0 Å². The largest absolute Gasteiger partial charge is 0.375 e. The predicted octanol–water partition coefficient (Wildman–Crippen LogP) is 2.49. The van der Waals surface area contributed by atoms with E-state index in [1.165, 1.54) is 11.3 Å². The molecular weight excluding hydrogens is 194 g/mol. The second kappa shape index (κ2) is 3.67. The van der Waals surface area contributed by atoms with Gasteiger partial charge in [0.25, 0.3) is 0 Å². The molecule has 0 amide bonds. The van der Waals surface area contributed by atoms with Crippen LogP contribution < -0.4 is 10.6 Å². The highest BCUT2D eigenvalue weighted by atomic mass is 32.1. The third-order valence-electron chi connectivity index (χ3n) is 1.99. The lowest BCUT2D eigenvalue weighted by atomic mass is 10.3. The molecule has 0 aliphatic rings. The number of hydrogen-bond donors (Lipinski definition) is 1. The summed E-state index contributed by atoms with van der Waals surface area (Å²) in [7, 11) is 2.00. The molecule has 2 N–H and O–H groups in total. The Morgan fingerprint density at radius 1 is 1.29 bits per heavy atom. The molecule has 14 heavy (non-hydrogen) atoms. The number of anilines is 3. The van der Waals surface area contributed by atoms with Gasteiger partial charge in [0.15, 0.2) is 5.13 Å². The first-order valence-corrected chi connectivity index (χ1v) is 5.09. The summed E-state index contributed by atoms with van der Waals surface area (Å²) in [6.07, 6.45) is 1.78. The van der Waals surface area contributed by atoms with E-state index in [1.54, 1.807) is 6.20 Å². The van der Waals surface area contributed by atoms with Crippen LogP contribution in [0.1, 0.15) is 0 Å². The number of benzene rings is 1. The van der Waals surface area contributed by atoms with Crippen LogP contribution in [-0.2, 0) is 0 Å². The highest BCUT2D eigenvalue weighted by Crippen LogP contribution is 2.29. The zero-order valence-corrected chi connectivity index (χ0v) is 8.66. The van der Waals surface area contributed by atoms with Gasteiger partial charge in [-0.05, 0) is 12.1 Å². The van der Waals surface area contributed by atoms with Gasteiger partial charge in [-0.15, -0.1) is 0 Å². The van der Waals surface area contributed by atoms with Gasteiger partial charge in [0.1, 0.15) is 5.00 Å². The lowest BCUT2D eigenvalue weighted by molar-refractivity contribution is 1.22. The highest BCUT2D eigenvalue weighted by molar-refractivity contribution is 7.19. The molecule has 3 nitrogen and oxygen atoms in total. The molecule has 0 aliphatic heterocycles. The molecule has 2 rings (SSSR count). The average molecular weight is 205 g/mol. The van der Waals surface area contributed by atoms with E-state index >= 15 is 0 Å². The fraction of sp³-hybridized carbons (Fsp3) is 0.100. The van der Waals surface area contributed by atoms with E-state index in [0.717, 1.165) is 10.7 Å². The molecule has 1 aromatic carbocycles. The number of para-hydroxylation sites is 1. The smallest absolute Gasteiger partial charge is 0.181 e. The molecule has 1 aromatic heterocycles. The van der Waals surface area contributed by atoms with Crippen LogP contribution in [0.2, 0.25) is 0 Å². The topological polar surface area (TPSA) is 42.2 Å². The van der Waals surface area contributed by atoms with Crippen molar-refractivity contribution in [3.05, 3.63) is 36.5 Å². The second-order valence-electron chi connectivity index (χ2n) is 2.93. The predicted molar refractivity (Wildman–Crippen MR) is 61.0 cm³/mol. The van der Waals surface area contributed by atoms with Crippen molar-refractivity contribution < 1.29 is 0 Å². The molecule has 4 heteroatoms. The summed E-state index contributed by atoms with van der Waals surface area (Å²) >= 11 is 1.48. The van der Waals surface area contributed by atoms with Gasteiger partial charge in [-0.2, -0.15) is 0 Å². The lowest BCUT2D eigenvalue weighted by Gasteiger charge is -2.15. The van der Waals surface area contributed by atoms with Crippen molar-refractivity contribution in [3.63, 3.8) is 0 Å². The van der Waals surface area contributed by atoms with Crippen molar-refractivity contribution in [2.24, 2.45) is 0 Å². The van der Waals surface area contributed by atoms with Crippen molar-refractivity contribution >= 4 is 27.2 Å². The van der Waals surface area contributed by atoms with Crippen LogP contribution in [0.3, 0.4) is 0 Å². The molecule has 0 unspecified atom stereocenters. The number of hydrogen-bond acceptors (Lipinski definition) is 4. The van der Waals surface area contributed by atoms with Crippen LogP contribution in [0.5, 0.6) is 0 Å². The van der Waals surface area contributed by atoms with Crippen molar-refractivity contribution in [2.75, 3.05) is 17.7 Å². The summed E-state index contributed by atoms with van der Waals surface area (Å²) in [5.41, 5.74) is 6.71. The van der Waals surface area contributed by atoms with E-state index in [9.17, 15) is 0 Å². The summed E-state index contributed by atoms with van der Waals surface area (Å²) in [6.45, 7) is 0. The summed E-state index contributed by atoms with van der Waals surface area (Å²) in [4.78, 5) is 6.08. The van der Waals surface area contributed by atoms with E-state index in [-0.39, 0.29) is 0 Å². The van der Waals surface area contributed by atoms with Crippen LogP contribution in [0.15, 0.2) is 36.5 Å². The Hall–Kier alpha value is -1.55. The fourth-order valence-corrected chi connectivity index (χ4v) is 1.88. The Balaban J connectivity index is 2.29. The maximum atomic E-state index is 5.58. The molecule has 0 radical (unpaired) electrons. The van der Waals surface area contributed by atoms with Gasteiger partial charge < -0.3 is 10.6 Å². The van der Waals surface area contributed by atoms with E-state index in [1.807, 2.05) is 25.2 Å². The van der Waals surface area contributed by atoms with Crippen LogP contribution in [0, 0.1) is 0 Å². The first-order valence-electron chi connectivity index (χ1n) is 4.27. The van der Waals surface area contributed by atoms with Gasteiger partial charge in [-0.3, -0.25) is 0 Å². The monoisotopic (exact) mass is 205 g/mol. The zero-order chi connectivity index (χ0) is 9.97. The van der Waals surface area contributed by atoms with Gasteiger partial charge in [-0.25, -0.2) is 4.98 Å². The van der Waals surface area contributed by atoms with Crippen LogP contribution >= 0.6 is 11.3 Å². The second-order valence-corrected chi connectivity index (χ2v) is 3.97. The normalized spacial score (nSPS) is 10.1. The minimum absolute atomic E-state index is 0.600. The maximum Gasteiger partial charge on any atom is 0.181 e. The Labute approximate surface area is 86.8 Å². The molecule has 0 spiro atoms. The van der Waals surface area contributed by atoms with Crippen LogP contribution in [0.4, 0.5) is 15.8 Å². The van der Waals surface area contributed by atoms with Gasteiger partial charge >= 0.3 is 0 Å².